The number of hydrogen-bond donors (Lipinski definition) is 0. The van der Waals surface area contributed by atoms with Gasteiger partial charge in [-0.1, -0.05) is 23.5 Å². The highest BCUT2D eigenvalue weighted by Crippen LogP contribution is 2.31. The number of carbonyl (C=O) groups excluding carboxylic acids is 1. The van der Waals surface area contributed by atoms with E-state index in [4.69, 9.17) is 4.74 Å². The summed E-state index contributed by atoms with van der Waals surface area (Å²) in [7, 11) is 1.46. The van der Waals surface area contributed by atoms with Crippen LogP contribution in [-0.2, 0) is 9.53 Å². The predicted molar refractivity (Wildman–Crippen MR) is 76.6 cm³/mol. The van der Waals surface area contributed by atoms with Gasteiger partial charge in [0.05, 0.1) is 23.2 Å². The fourth-order valence-electron chi connectivity index (χ4n) is 2.47. The molecular weight excluding hydrogens is 260 g/mol. The third-order valence-corrected chi connectivity index (χ3v) is 4.68. The van der Waals surface area contributed by atoms with E-state index in [9.17, 15) is 4.79 Å². The molecule has 0 spiro atoms. The van der Waals surface area contributed by atoms with Gasteiger partial charge < -0.3 is 9.64 Å². The number of anilines is 1. The van der Waals surface area contributed by atoms with Crippen molar-refractivity contribution in [3.05, 3.63) is 24.3 Å². The Labute approximate surface area is 116 Å². The molecular formula is C14H16N2O2S. The second-order valence-corrected chi connectivity index (χ2v) is 5.76. The summed E-state index contributed by atoms with van der Waals surface area (Å²) in [6.07, 6.45) is 1.70. The molecule has 1 aliphatic rings. The minimum atomic E-state index is -0.0797. The molecule has 0 amide bonds. The Morgan fingerprint density at radius 2 is 2.11 bits per heavy atom. The molecule has 1 aliphatic heterocycles. The van der Waals surface area contributed by atoms with Crippen molar-refractivity contribution in [3.63, 3.8) is 0 Å². The van der Waals surface area contributed by atoms with E-state index in [0.717, 1.165) is 36.6 Å². The Morgan fingerprint density at radius 1 is 1.37 bits per heavy atom. The minimum Gasteiger partial charge on any atom is -0.469 e. The van der Waals surface area contributed by atoms with Gasteiger partial charge in [0.25, 0.3) is 0 Å². The first-order valence-corrected chi connectivity index (χ1v) is 7.28. The van der Waals surface area contributed by atoms with Crippen molar-refractivity contribution >= 4 is 32.7 Å². The highest BCUT2D eigenvalue weighted by atomic mass is 32.1. The van der Waals surface area contributed by atoms with Crippen molar-refractivity contribution in [1.29, 1.82) is 0 Å². The Morgan fingerprint density at radius 3 is 2.79 bits per heavy atom. The molecule has 0 N–H and O–H groups in total. The lowest BCUT2D eigenvalue weighted by atomic mass is 9.97. The fraction of sp³-hybridized carbons (Fsp3) is 0.429. The molecule has 2 heterocycles. The van der Waals surface area contributed by atoms with Gasteiger partial charge in [0, 0.05) is 13.1 Å². The fourth-order valence-corrected chi connectivity index (χ4v) is 3.49. The van der Waals surface area contributed by atoms with Crippen molar-refractivity contribution in [2.24, 2.45) is 5.92 Å². The van der Waals surface area contributed by atoms with Crippen LogP contribution in [0.25, 0.3) is 10.2 Å². The lowest BCUT2D eigenvalue weighted by Crippen LogP contribution is -2.36. The molecule has 0 atom stereocenters. The lowest BCUT2D eigenvalue weighted by Gasteiger charge is -2.30. The molecule has 0 bridgehead atoms. The maximum absolute atomic E-state index is 11.5. The Hall–Kier alpha value is -1.62. The molecule has 1 saturated heterocycles. The number of fused-ring (bicyclic) bond motifs is 1. The van der Waals surface area contributed by atoms with Crippen LogP contribution in [0.2, 0.25) is 0 Å². The topological polar surface area (TPSA) is 42.4 Å². The quantitative estimate of drug-likeness (QED) is 0.791. The SMILES string of the molecule is COC(=O)C1CCN(c2nc3ccccc3s2)CC1. The first-order valence-electron chi connectivity index (χ1n) is 6.46. The van der Waals surface area contributed by atoms with E-state index < -0.39 is 0 Å². The van der Waals surface area contributed by atoms with Gasteiger partial charge in [-0.25, -0.2) is 4.98 Å². The van der Waals surface area contributed by atoms with E-state index in [-0.39, 0.29) is 11.9 Å². The molecule has 19 heavy (non-hydrogen) atoms. The van der Waals surface area contributed by atoms with Crippen molar-refractivity contribution in [2.45, 2.75) is 12.8 Å². The van der Waals surface area contributed by atoms with Crippen LogP contribution in [0.3, 0.4) is 0 Å². The summed E-state index contributed by atoms with van der Waals surface area (Å²) in [4.78, 5) is 18.4. The molecule has 1 fully saturated rings. The van der Waals surface area contributed by atoms with E-state index in [1.165, 1.54) is 11.8 Å². The molecule has 2 aromatic rings. The Kier molecular flexibility index (Phi) is 3.38. The average molecular weight is 276 g/mol. The second kappa shape index (κ2) is 5.17. The summed E-state index contributed by atoms with van der Waals surface area (Å²) >= 11 is 1.72. The summed E-state index contributed by atoms with van der Waals surface area (Å²) in [5, 5.41) is 1.06. The zero-order valence-electron chi connectivity index (χ0n) is 10.8. The van der Waals surface area contributed by atoms with Crippen LogP contribution in [0.4, 0.5) is 5.13 Å². The van der Waals surface area contributed by atoms with Gasteiger partial charge in [-0.3, -0.25) is 4.79 Å². The number of ether oxygens (including phenoxy) is 1. The molecule has 0 unspecified atom stereocenters. The van der Waals surface area contributed by atoms with Crippen molar-refractivity contribution < 1.29 is 9.53 Å². The van der Waals surface area contributed by atoms with Crippen LogP contribution in [0.15, 0.2) is 24.3 Å². The summed E-state index contributed by atoms with van der Waals surface area (Å²) in [5.74, 6) is -0.0282. The molecule has 100 valence electrons. The summed E-state index contributed by atoms with van der Waals surface area (Å²) in [6, 6.07) is 8.18. The van der Waals surface area contributed by atoms with Gasteiger partial charge in [0.2, 0.25) is 0 Å². The lowest BCUT2D eigenvalue weighted by molar-refractivity contribution is -0.146. The Balaban J connectivity index is 1.72. The highest BCUT2D eigenvalue weighted by molar-refractivity contribution is 7.22. The number of esters is 1. The molecule has 0 radical (unpaired) electrons. The molecule has 4 nitrogen and oxygen atoms in total. The molecule has 1 aromatic heterocycles. The van der Waals surface area contributed by atoms with E-state index >= 15 is 0 Å². The molecule has 3 rings (SSSR count). The largest absolute Gasteiger partial charge is 0.469 e. The molecule has 0 saturated carbocycles. The third-order valence-electron chi connectivity index (χ3n) is 3.58. The average Bonchev–Trinajstić information content (AvgIpc) is 2.90. The van der Waals surface area contributed by atoms with Gasteiger partial charge in [0.1, 0.15) is 0 Å². The zero-order chi connectivity index (χ0) is 13.2. The van der Waals surface area contributed by atoms with Crippen LogP contribution in [-0.4, -0.2) is 31.2 Å². The molecule has 0 aliphatic carbocycles. The van der Waals surface area contributed by atoms with Crippen LogP contribution in [0.1, 0.15) is 12.8 Å². The van der Waals surface area contributed by atoms with Crippen molar-refractivity contribution in [1.82, 2.24) is 4.98 Å². The van der Waals surface area contributed by atoms with Gasteiger partial charge in [-0.15, -0.1) is 0 Å². The Bertz CT molecular complexity index is 555. The van der Waals surface area contributed by atoms with Crippen molar-refractivity contribution in [3.8, 4) is 0 Å². The number of thiazole rings is 1. The zero-order valence-corrected chi connectivity index (χ0v) is 11.7. The van der Waals surface area contributed by atoms with Crippen LogP contribution in [0, 0.1) is 5.92 Å². The number of carbonyl (C=O) groups is 1. The van der Waals surface area contributed by atoms with Crippen LogP contribution in [0.5, 0.6) is 0 Å². The number of rotatable bonds is 2. The monoisotopic (exact) mass is 276 g/mol. The second-order valence-electron chi connectivity index (χ2n) is 4.75. The number of aromatic nitrogens is 1. The maximum Gasteiger partial charge on any atom is 0.308 e. The molecule has 5 heteroatoms. The van der Waals surface area contributed by atoms with Gasteiger partial charge in [-0.2, -0.15) is 0 Å². The minimum absolute atomic E-state index is 0.0515. The van der Waals surface area contributed by atoms with E-state index in [2.05, 4.69) is 16.0 Å². The normalized spacial score (nSPS) is 16.8. The van der Waals surface area contributed by atoms with Crippen LogP contribution < -0.4 is 4.90 Å². The van der Waals surface area contributed by atoms with Gasteiger partial charge in [0.15, 0.2) is 5.13 Å². The van der Waals surface area contributed by atoms with Crippen LogP contribution >= 0.6 is 11.3 Å². The molecule has 1 aromatic carbocycles. The van der Waals surface area contributed by atoms with E-state index in [0.29, 0.717) is 0 Å². The first kappa shape index (κ1) is 12.4. The predicted octanol–water partition coefficient (Wildman–Crippen LogP) is 2.69. The van der Waals surface area contributed by atoms with Crippen molar-refractivity contribution in [2.75, 3.05) is 25.1 Å². The maximum atomic E-state index is 11.5. The number of nitrogens with zero attached hydrogens (tertiary/aromatic N) is 2. The number of methoxy groups -OCH3 is 1. The number of benzene rings is 1. The standard InChI is InChI=1S/C14H16N2O2S/c1-18-13(17)10-6-8-16(9-7-10)14-15-11-4-2-3-5-12(11)19-14/h2-5,10H,6-9H2,1H3. The van der Waals surface area contributed by atoms with Gasteiger partial charge >= 0.3 is 5.97 Å². The summed E-state index contributed by atoms with van der Waals surface area (Å²) < 4.78 is 6.02. The first-order chi connectivity index (χ1) is 9.28. The highest BCUT2D eigenvalue weighted by Gasteiger charge is 2.26. The number of para-hydroxylation sites is 1. The number of piperidine rings is 1. The van der Waals surface area contributed by atoms with E-state index in [1.54, 1.807) is 11.3 Å². The third kappa shape index (κ3) is 2.42. The smallest absolute Gasteiger partial charge is 0.308 e. The summed E-state index contributed by atoms with van der Waals surface area (Å²) in [6.45, 7) is 1.75. The number of hydrogen-bond acceptors (Lipinski definition) is 5. The summed E-state index contributed by atoms with van der Waals surface area (Å²) in [5.41, 5.74) is 1.05. The van der Waals surface area contributed by atoms with Gasteiger partial charge in [-0.05, 0) is 25.0 Å². The van der Waals surface area contributed by atoms with E-state index in [1.807, 2.05) is 18.2 Å².